The molecular weight excluding hydrogens is 294 g/mol. The number of methoxy groups -OCH3 is 2. The van der Waals surface area contributed by atoms with Gasteiger partial charge in [-0.25, -0.2) is 0 Å². The summed E-state index contributed by atoms with van der Waals surface area (Å²) in [6.07, 6.45) is 5.08. The lowest BCUT2D eigenvalue weighted by molar-refractivity contribution is -0.114. The van der Waals surface area contributed by atoms with Crippen molar-refractivity contribution in [3.05, 3.63) is 46.7 Å². The smallest absolute Gasteiger partial charge is 0.220 e. The molecule has 0 amide bonds. The lowest BCUT2D eigenvalue weighted by atomic mass is 9.59. The number of ether oxygens (including phenoxy) is 2. The number of piperidine rings is 1. The first-order chi connectivity index (χ1) is 11.1. The van der Waals surface area contributed by atoms with E-state index in [4.69, 9.17) is 9.47 Å². The molecule has 2 bridgehead atoms. The zero-order valence-corrected chi connectivity index (χ0v) is 13.2. The molecule has 5 nitrogen and oxygen atoms in total. The number of aromatic hydroxyl groups is 1. The Morgan fingerprint density at radius 3 is 2.87 bits per heavy atom. The molecule has 2 N–H and O–H groups in total. The molecule has 1 aromatic carbocycles. The summed E-state index contributed by atoms with van der Waals surface area (Å²) in [6, 6.07) is 3.91. The van der Waals surface area contributed by atoms with Crippen molar-refractivity contribution in [1.82, 2.24) is 5.32 Å². The van der Waals surface area contributed by atoms with Gasteiger partial charge in [-0.2, -0.15) is 0 Å². The zero-order valence-electron chi connectivity index (χ0n) is 13.2. The average molecular weight is 313 g/mol. The summed E-state index contributed by atoms with van der Waals surface area (Å²) in [5, 5.41) is 14.3. The Kier molecular flexibility index (Phi) is 3.03. The molecule has 120 valence electrons. The van der Waals surface area contributed by atoms with Crippen LogP contribution in [0.2, 0.25) is 0 Å². The lowest BCUT2D eigenvalue weighted by Gasteiger charge is -2.49. The Labute approximate surface area is 134 Å². The summed E-state index contributed by atoms with van der Waals surface area (Å²) >= 11 is 0. The number of ketones is 1. The van der Waals surface area contributed by atoms with Crippen LogP contribution in [0.5, 0.6) is 11.5 Å². The monoisotopic (exact) mass is 313 g/mol. The topological polar surface area (TPSA) is 67.8 Å². The molecule has 2 atom stereocenters. The number of carbonyl (C=O) groups is 1. The first-order valence-corrected chi connectivity index (χ1v) is 7.76. The number of rotatable bonds is 2. The number of phenolic OH excluding ortho intramolecular Hbond substituents is 1. The van der Waals surface area contributed by atoms with Gasteiger partial charge in [0, 0.05) is 17.0 Å². The fourth-order valence-corrected chi connectivity index (χ4v) is 4.25. The van der Waals surface area contributed by atoms with Crippen LogP contribution < -0.4 is 10.1 Å². The van der Waals surface area contributed by atoms with E-state index in [1.807, 2.05) is 12.1 Å². The molecular formula is C18H19NO4. The fraction of sp³-hybridized carbons (Fsp3) is 0.389. The minimum Gasteiger partial charge on any atom is -0.504 e. The highest BCUT2D eigenvalue weighted by Gasteiger charge is 2.50. The first-order valence-electron chi connectivity index (χ1n) is 7.76. The third-order valence-corrected chi connectivity index (χ3v) is 5.24. The number of hydrogen-bond acceptors (Lipinski definition) is 5. The van der Waals surface area contributed by atoms with Crippen LogP contribution in [-0.2, 0) is 21.4 Å². The van der Waals surface area contributed by atoms with Gasteiger partial charge in [-0.05, 0) is 48.7 Å². The number of hydrogen-bond donors (Lipinski definition) is 2. The van der Waals surface area contributed by atoms with Gasteiger partial charge in [-0.15, -0.1) is 0 Å². The molecule has 1 fully saturated rings. The van der Waals surface area contributed by atoms with Crippen LogP contribution in [-0.4, -0.2) is 37.7 Å². The maximum atomic E-state index is 12.2. The predicted molar refractivity (Wildman–Crippen MR) is 84.6 cm³/mol. The van der Waals surface area contributed by atoms with Crippen molar-refractivity contribution in [3.8, 4) is 11.5 Å². The molecule has 1 aliphatic heterocycles. The molecule has 3 aliphatic rings. The van der Waals surface area contributed by atoms with Crippen molar-refractivity contribution >= 4 is 5.78 Å². The van der Waals surface area contributed by atoms with E-state index in [1.54, 1.807) is 19.3 Å². The van der Waals surface area contributed by atoms with Gasteiger partial charge in [0.2, 0.25) is 5.78 Å². The summed E-state index contributed by atoms with van der Waals surface area (Å²) < 4.78 is 10.6. The quantitative estimate of drug-likeness (QED) is 0.868. The van der Waals surface area contributed by atoms with Crippen LogP contribution >= 0.6 is 0 Å². The van der Waals surface area contributed by atoms with Crippen molar-refractivity contribution < 1.29 is 19.4 Å². The van der Waals surface area contributed by atoms with E-state index in [1.165, 1.54) is 7.11 Å². The lowest BCUT2D eigenvalue weighted by Crippen LogP contribution is -2.54. The van der Waals surface area contributed by atoms with E-state index in [0.29, 0.717) is 11.5 Å². The SMILES string of the molecule is COC1=C[C@]23CCN[C@H](Cc4ccc(OC)c(O)c42)C3=CC1=O. The van der Waals surface area contributed by atoms with Crippen LogP contribution in [0.1, 0.15) is 17.5 Å². The number of carbonyl (C=O) groups excluding carboxylic acids is 1. The number of nitrogens with one attached hydrogen (secondary N) is 1. The Bertz CT molecular complexity index is 765. The summed E-state index contributed by atoms with van der Waals surface area (Å²) in [6.45, 7) is 0.819. The van der Waals surface area contributed by atoms with Crippen LogP contribution in [0.25, 0.3) is 0 Å². The van der Waals surface area contributed by atoms with Gasteiger partial charge in [-0.1, -0.05) is 6.07 Å². The summed E-state index contributed by atoms with van der Waals surface area (Å²) in [7, 11) is 3.05. The third-order valence-electron chi connectivity index (χ3n) is 5.24. The summed E-state index contributed by atoms with van der Waals surface area (Å²) in [5.41, 5.74) is 2.45. The van der Waals surface area contributed by atoms with E-state index in [2.05, 4.69) is 5.32 Å². The molecule has 4 rings (SSSR count). The molecule has 5 heteroatoms. The maximum absolute atomic E-state index is 12.2. The van der Waals surface area contributed by atoms with Crippen molar-refractivity contribution in [1.29, 1.82) is 0 Å². The Balaban J connectivity index is 2.03. The zero-order chi connectivity index (χ0) is 16.2. The van der Waals surface area contributed by atoms with Gasteiger partial charge in [0.15, 0.2) is 17.3 Å². The second-order valence-corrected chi connectivity index (χ2v) is 6.26. The van der Waals surface area contributed by atoms with Crippen LogP contribution in [0.3, 0.4) is 0 Å². The number of benzene rings is 1. The first kappa shape index (κ1) is 14.3. The fourth-order valence-electron chi connectivity index (χ4n) is 4.25. The highest BCUT2D eigenvalue weighted by Crippen LogP contribution is 2.54. The molecule has 1 aromatic rings. The van der Waals surface area contributed by atoms with E-state index in [-0.39, 0.29) is 17.6 Å². The van der Waals surface area contributed by atoms with Crippen molar-refractivity contribution in [2.24, 2.45) is 0 Å². The van der Waals surface area contributed by atoms with Crippen molar-refractivity contribution in [3.63, 3.8) is 0 Å². The predicted octanol–water partition coefficient (Wildman–Crippen LogP) is 1.60. The van der Waals surface area contributed by atoms with Gasteiger partial charge in [0.25, 0.3) is 0 Å². The molecule has 2 aliphatic carbocycles. The summed E-state index contributed by atoms with van der Waals surface area (Å²) in [5.74, 6) is 0.846. The Hall–Kier alpha value is -2.27. The van der Waals surface area contributed by atoms with Crippen LogP contribution in [0.4, 0.5) is 0 Å². The highest BCUT2D eigenvalue weighted by atomic mass is 16.5. The molecule has 23 heavy (non-hydrogen) atoms. The second-order valence-electron chi connectivity index (χ2n) is 6.26. The molecule has 1 heterocycles. The van der Waals surface area contributed by atoms with E-state index in [9.17, 15) is 9.90 Å². The molecule has 1 saturated heterocycles. The van der Waals surface area contributed by atoms with Crippen LogP contribution in [0, 0.1) is 0 Å². The normalized spacial score (nSPS) is 28.3. The van der Waals surface area contributed by atoms with Gasteiger partial charge < -0.3 is 19.9 Å². The molecule has 0 saturated carbocycles. The largest absolute Gasteiger partial charge is 0.504 e. The maximum Gasteiger partial charge on any atom is 0.220 e. The minimum absolute atomic E-state index is 0.113. The van der Waals surface area contributed by atoms with E-state index >= 15 is 0 Å². The molecule has 0 spiro atoms. The van der Waals surface area contributed by atoms with E-state index < -0.39 is 5.41 Å². The Morgan fingerprint density at radius 2 is 2.13 bits per heavy atom. The van der Waals surface area contributed by atoms with Gasteiger partial charge in [0.05, 0.1) is 14.2 Å². The Morgan fingerprint density at radius 1 is 1.30 bits per heavy atom. The van der Waals surface area contributed by atoms with Gasteiger partial charge in [0.1, 0.15) is 0 Å². The summed E-state index contributed by atoms with van der Waals surface area (Å²) in [4.78, 5) is 12.2. The van der Waals surface area contributed by atoms with Gasteiger partial charge in [-0.3, -0.25) is 4.79 Å². The minimum atomic E-state index is -0.499. The number of fused-ring (bicyclic) bond motifs is 1. The van der Waals surface area contributed by atoms with Crippen LogP contribution in [0.15, 0.2) is 35.6 Å². The molecule has 0 aromatic heterocycles. The molecule has 0 radical (unpaired) electrons. The van der Waals surface area contributed by atoms with Crippen molar-refractivity contribution in [2.45, 2.75) is 24.3 Å². The second kappa shape index (κ2) is 4.86. The average Bonchev–Trinajstić information content (AvgIpc) is 2.54. The van der Waals surface area contributed by atoms with Crippen molar-refractivity contribution in [2.75, 3.05) is 20.8 Å². The number of allylic oxidation sites excluding steroid dienone is 2. The molecule has 0 unspecified atom stereocenters. The van der Waals surface area contributed by atoms with E-state index in [0.717, 1.165) is 36.1 Å². The standard InChI is InChI=1S/C18H19NO4/c1-22-14-4-3-10-7-12-11-8-13(20)15(23-2)9-18(11,5-6-19-12)16(10)17(14)21/h3-4,8-9,12,19,21H,5-7H2,1-2H3/t12-,18+/m1/s1. The highest BCUT2D eigenvalue weighted by molar-refractivity contribution is 6.05. The number of phenols is 1. The van der Waals surface area contributed by atoms with Gasteiger partial charge >= 0.3 is 0 Å². The third kappa shape index (κ3) is 1.80.